The lowest BCUT2D eigenvalue weighted by molar-refractivity contribution is 0.0910. The van der Waals surface area contributed by atoms with Crippen molar-refractivity contribution in [3.63, 3.8) is 0 Å². The number of rotatable bonds is 3. The number of nitrogens with zero attached hydrogens (tertiary/aromatic N) is 2. The maximum absolute atomic E-state index is 12.4. The van der Waals surface area contributed by atoms with Gasteiger partial charge in [0, 0.05) is 25.3 Å². The third-order valence-electron chi connectivity index (χ3n) is 4.77. The van der Waals surface area contributed by atoms with E-state index in [0.717, 1.165) is 38.5 Å². The molecule has 2 heterocycles. The average molecular weight is 303 g/mol. The van der Waals surface area contributed by atoms with Gasteiger partial charge in [-0.05, 0) is 30.9 Å². The zero-order valence-corrected chi connectivity index (χ0v) is 13.3. The van der Waals surface area contributed by atoms with Crippen LogP contribution in [0.2, 0.25) is 0 Å². The molecule has 1 saturated heterocycles. The molecule has 2 atom stereocenters. The number of hydrogen-bond acceptors (Lipinski definition) is 4. The number of carbonyl (C=O) groups excluding carboxylic acids is 1. The van der Waals surface area contributed by atoms with Crippen LogP contribution < -0.4 is 10.2 Å². The van der Waals surface area contributed by atoms with E-state index in [4.69, 9.17) is 4.74 Å². The summed E-state index contributed by atoms with van der Waals surface area (Å²) in [7, 11) is 0. The number of nitrogens with one attached hydrogen (secondary N) is 1. The molecule has 2 fully saturated rings. The average Bonchev–Trinajstić information content (AvgIpc) is 2.58. The fourth-order valence-corrected chi connectivity index (χ4v) is 3.28. The number of carbonyl (C=O) groups is 1. The van der Waals surface area contributed by atoms with Crippen molar-refractivity contribution in [3.05, 3.63) is 23.9 Å². The van der Waals surface area contributed by atoms with Crippen LogP contribution in [0.1, 0.15) is 43.0 Å². The molecule has 0 radical (unpaired) electrons. The molecule has 5 nitrogen and oxygen atoms in total. The van der Waals surface area contributed by atoms with Crippen LogP contribution >= 0.6 is 0 Å². The third kappa shape index (κ3) is 3.58. The van der Waals surface area contributed by atoms with Gasteiger partial charge in [0.1, 0.15) is 5.82 Å². The maximum atomic E-state index is 12.4. The van der Waals surface area contributed by atoms with Gasteiger partial charge in [-0.25, -0.2) is 4.98 Å². The Morgan fingerprint density at radius 3 is 2.73 bits per heavy atom. The second kappa shape index (κ2) is 7.09. The van der Waals surface area contributed by atoms with Crippen LogP contribution in [0.15, 0.2) is 18.3 Å². The molecule has 0 aromatic carbocycles. The van der Waals surface area contributed by atoms with E-state index in [0.29, 0.717) is 17.5 Å². The summed E-state index contributed by atoms with van der Waals surface area (Å²) in [6, 6.07) is 4.12. The molecule has 1 amide bonds. The molecule has 3 rings (SSSR count). The molecule has 1 N–H and O–H groups in total. The van der Waals surface area contributed by atoms with Crippen LogP contribution in [0.5, 0.6) is 0 Å². The Hall–Kier alpha value is -1.62. The Bertz CT molecular complexity index is 497. The van der Waals surface area contributed by atoms with E-state index in [-0.39, 0.29) is 5.91 Å². The SMILES string of the molecule is C[C@H]1CCCC[C@@H]1NC(=O)c1ccc(N2CCOCC2)nc1. The number of morpholine rings is 1. The Morgan fingerprint density at radius 1 is 1.27 bits per heavy atom. The second-order valence-corrected chi connectivity index (χ2v) is 6.35. The van der Waals surface area contributed by atoms with Crippen LogP contribution in [0, 0.1) is 5.92 Å². The monoisotopic (exact) mass is 303 g/mol. The van der Waals surface area contributed by atoms with Crippen molar-refractivity contribution in [2.45, 2.75) is 38.6 Å². The Kier molecular flexibility index (Phi) is 4.93. The van der Waals surface area contributed by atoms with Crippen LogP contribution in [0.25, 0.3) is 0 Å². The third-order valence-corrected chi connectivity index (χ3v) is 4.77. The highest BCUT2D eigenvalue weighted by atomic mass is 16.5. The topological polar surface area (TPSA) is 54.5 Å². The molecule has 1 aromatic heterocycles. The molecule has 1 aliphatic carbocycles. The molecule has 120 valence electrons. The molecule has 1 saturated carbocycles. The minimum absolute atomic E-state index is 0.000206. The van der Waals surface area contributed by atoms with Gasteiger partial charge in [-0.15, -0.1) is 0 Å². The summed E-state index contributed by atoms with van der Waals surface area (Å²) >= 11 is 0. The normalized spacial score (nSPS) is 25.8. The Morgan fingerprint density at radius 2 is 2.05 bits per heavy atom. The van der Waals surface area contributed by atoms with Gasteiger partial charge in [-0.1, -0.05) is 19.8 Å². The van der Waals surface area contributed by atoms with E-state index in [9.17, 15) is 4.79 Å². The van der Waals surface area contributed by atoms with Crippen molar-refractivity contribution in [2.24, 2.45) is 5.92 Å². The van der Waals surface area contributed by atoms with Crippen LogP contribution in [-0.2, 0) is 4.74 Å². The number of pyridine rings is 1. The van der Waals surface area contributed by atoms with Crippen molar-refractivity contribution in [1.82, 2.24) is 10.3 Å². The zero-order valence-electron chi connectivity index (χ0n) is 13.3. The summed E-state index contributed by atoms with van der Waals surface area (Å²) in [6.45, 7) is 5.42. The molecular formula is C17H25N3O2. The van der Waals surface area contributed by atoms with Crippen LogP contribution in [0.3, 0.4) is 0 Å². The molecule has 1 aliphatic heterocycles. The highest BCUT2D eigenvalue weighted by molar-refractivity contribution is 5.94. The molecule has 0 spiro atoms. The lowest BCUT2D eigenvalue weighted by Crippen LogP contribution is -2.41. The van der Waals surface area contributed by atoms with Gasteiger partial charge in [0.15, 0.2) is 0 Å². The van der Waals surface area contributed by atoms with Crippen molar-refractivity contribution in [3.8, 4) is 0 Å². The van der Waals surface area contributed by atoms with Crippen LogP contribution in [-0.4, -0.2) is 43.2 Å². The van der Waals surface area contributed by atoms with Gasteiger partial charge in [0.25, 0.3) is 5.91 Å². The highest BCUT2D eigenvalue weighted by Crippen LogP contribution is 2.24. The van der Waals surface area contributed by atoms with Gasteiger partial charge < -0.3 is 15.0 Å². The first-order valence-corrected chi connectivity index (χ1v) is 8.33. The first-order valence-electron chi connectivity index (χ1n) is 8.33. The predicted molar refractivity (Wildman–Crippen MR) is 86.2 cm³/mol. The van der Waals surface area contributed by atoms with E-state index < -0.39 is 0 Å². The first-order chi connectivity index (χ1) is 10.7. The quantitative estimate of drug-likeness (QED) is 0.930. The summed E-state index contributed by atoms with van der Waals surface area (Å²) < 4.78 is 5.34. The fourth-order valence-electron chi connectivity index (χ4n) is 3.28. The minimum atomic E-state index is -0.000206. The molecule has 0 bridgehead atoms. The number of ether oxygens (including phenoxy) is 1. The summed E-state index contributed by atoms with van der Waals surface area (Å²) in [6.07, 6.45) is 6.48. The van der Waals surface area contributed by atoms with Gasteiger partial charge >= 0.3 is 0 Å². The van der Waals surface area contributed by atoms with Gasteiger partial charge in [-0.3, -0.25) is 4.79 Å². The standard InChI is InChI=1S/C17H25N3O2/c1-13-4-2-3-5-15(13)19-17(21)14-6-7-16(18-12-14)20-8-10-22-11-9-20/h6-7,12-13,15H,2-5,8-11H2,1H3,(H,19,21)/t13-,15-/m0/s1. The summed E-state index contributed by atoms with van der Waals surface area (Å²) in [5.74, 6) is 1.49. The van der Waals surface area contributed by atoms with E-state index in [1.54, 1.807) is 6.20 Å². The Labute approximate surface area is 132 Å². The number of hydrogen-bond donors (Lipinski definition) is 1. The number of anilines is 1. The fraction of sp³-hybridized carbons (Fsp3) is 0.647. The van der Waals surface area contributed by atoms with Gasteiger partial charge in [0.05, 0.1) is 18.8 Å². The van der Waals surface area contributed by atoms with E-state index in [1.165, 1.54) is 19.3 Å². The number of aromatic nitrogens is 1. The van der Waals surface area contributed by atoms with Crippen molar-refractivity contribution in [2.75, 3.05) is 31.2 Å². The lowest BCUT2D eigenvalue weighted by atomic mass is 9.86. The number of amides is 1. The minimum Gasteiger partial charge on any atom is -0.378 e. The molecule has 22 heavy (non-hydrogen) atoms. The lowest BCUT2D eigenvalue weighted by Gasteiger charge is -2.29. The van der Waals surface area contributed by atoms with Gasteiger partial charge in [0.2, 0.25) is 0 Å². The van der Waals surface area contributed by atoms with Gasteiger partial charge in [-0.2, -0.15) is 0 Å². The molecule has 0 unspecified atom stereocenters. The molecular weight excluding hydrogens is 278 g/mol. The van der Waals surface area contributed by atoms with Crippen LogP contribution in [0.4, 0.5) is 5.82 Å². The smallest absolute Gasteiger partial charge is 0.253 e. The van der Waals surface area contributed by atoms with E-state index >= 15 is 0 Å². The van der Waals surface area contributed by atoms with Crippen molar-refractivity contribution < 1.29 is 9.53 Å². The first kappa shape index (κ1) is 15.3. The van der Waals surface area contributed by atoms with Crippen molar-refractivity contribution >= 4 is 11.7 Å². The molecule has 5 heteroatoms. The van der Waals surface area contributed by atoms with E-state index in [2.05, 4.69) is 22.1 Å². The summed E-state index contributed by atoms with van der Waals surface area (Å²) in [5.41, 5.74) is 0.648. The predicted octanol–water partition coefficient (Wildman–Crippen LogP) is 2.23. The van der Waals surface area contributed by atoms with E-state index in [1.807, 2.05) is 12.1 Å². The second-order valence-electron chi connectivity index (χ2n) is 6.35. The maximum Gasteiger partial charge on any atom is 0.253 e. The highest BCUT2D eigenvalue weighted by Gasteiger charge is 2.23. The Balaban J connectivity index is 1.60. The summed E-state index contributed by atoms with van der Waals surface area (Å²) in [5, 5.41) is 3.17. The molecule has 2 aliphatic rings. The zero-order chi connectivity index (χ0) is 15.4. The van der Waals surface area contributed by atoms with Crippen molar-refractivity contribution in [1.29, 1.82) is 0 Å². The largest absolute Gasteiger partial charge is 0.378 e. The molecule has 1 aromatic rings. The summed E-state index contributed by atoms with van der Waals surface area (Å²) in [4.78, 5) is 19.0.